The molecule has 18 heavy (non-hydrogen) atoms. The Kier molecular flexibility index (Phi) is 7.87. The van der Waals surface area contributed by atoms with Crippen molar-refractivity contribution < 1.29 is 13.5 Å². The number of ether oxygens (including phenoxy) is 1. The molecule has 2 nitrogen and oxygen atoms in total. The van der Waals surface area contributed by atoms with E-state index in [0.29, 0.717) is 25.0 Å². The van der Waals surface area contributed by atoms with Crippen LogP contribution in [0.4, 0.5) is 8.78 Å². The van der Waals surface area contributed by atoms with Gasteiger partial charge in [-0.3, -0.25) is 0 Å². The molecule has 0 aliphatic heterocycles. The standard InChI is InChI=1S/C13H19F2NO.ClH/c1-3-5-17-13-11(14)7-9(8-12(13)15)6-10(16)4-2;/h7-8,10H,3-6,16H2,1-2H3;1H. The average Bonchev–Trinajstić information content (AvgIpc) is 2.28. The maximum Gasteiger partial charge on any atom is 0.190 e. The lowest BCUT2D eigenvalue weighted by Gasteiger charge is -2.12. The summed E-state index contributed by atoms with van der Waals surface area (Å²) in [5.74, 6) is -1.60. The van der Waals surface area contributed by atoms with Crippen LogP contribution >= 0.6 is 12.4 Å². The Morgan fingerprint density at radius 2 is 1.78 bits per heavy atom. The number of nitrogens with two attached hydrogens (primary N) is 1. The quantitative estimate of drug-likeness (QED) is 0.865. The Bertz CT molecular complexity index is 351. The molecule has 0 fully saturated rings. The van der Waals surface area contributed by atoms with E-state index in [1.54, 1.807) is 0 Å². The molecule has 0 heterocycles. The molecule has 1 atom stereocenters. The molecule has 1 aromatic rings. The van der Waals surface area contributed by atoms with Gasteiger partial charge in [0.1, 0.15) is 0 Å². The van der Waals surface area contributed by atoms with Crippen molar-refractivity contribution in [2.75, 3.05) is 6.61 Å². The zero-order valence-electron chi connectivity index (χ0n) is 10.7. The highest BCUT2D eigenvalue weighted by Gasteiger charge is 2.13. The summed E-state index contributed by atoms with van der Waals surface area (Å²) in [5, 5.41) is 0. The highest BCUT2D eigenvalue weighted by molar-refractivity contribution is 5.85. The van der Waals surface area contributed by atoms with Crippen LogP contribution in [0.5, 0.6) is 5.75 Å². The van der Waals surface area contributed by atoms with E-state index in [1.165, 1.54) is 12.1 Å². The first-order chi connectivity index (χ1) is 8.08. The van der Waals surface area contributed by atoms with Crippen molar-refractivity contribution in [1.29, 1.82) is 0 Å². The fourth-order valence-electron chi connectivity index (χ4n) is 1.52. The Morgan fingerprint density at radius 3 is 2.22 bits per heavy atom. The van der Waals surface area contributed by atoms with Gasteiger partial charge in [0, 0.05) is 6.04 Å². The molecule has 0 amide bonds. The molecule has 1 unspecified atom stereocenters. The Balaban J connectivity index is 0.00000289. The Hall–Kier alpha value is -0.870. The molecule has 0 aliphatic carbocycles. The lowest BCUT2D eigenvalue weighted by Crippen LogP contribution is -2.21. The second-order valence-electron chi connectivity index (χ2n) is 4.11. The van der Waals surface area contributed by atoms with Crippen molar-refractivity contribution in [1.82, 2.24) is 0 Å². The van der Waals surface area contributed by atoms with Crippen LogP contribution in [0.3, 0.4) is 0 Å². The molecule has 0 aromatic heterocycles. The van der Waals surface area contributed by atoms with Crippen molar-refractivity contribution in [2.24, 2.45) is 5.73 Å². The highest BCUT2D eigenvalue weighted by atomic mass is 35.5. The third-order valence-electron chi connectivity index (χ3n) is 2.53. The summed E-state index contributed by atoms with van der Waals surface area (Å²) in [5.41, 5.74) is 6.32. The first-order valence-electron chi connectivity index (χ1n) is 5.94. The zero-order chi connectivity index (χ0) is 12.8. The van der Waals surface area contributed by atoms with Crippen molar-refractivity contribution in [3.05, 3.63) is 29.3 Å². The molecule has 104 valence electrons. The smallest absolute Gasteiger partial charge is 0.190 e. The minimum atomic E-state index is -0.656. The highest BCUT2D eigenvalue weighted by Crippen LogP contribution is 2.24. The fourth-order valence-corrected chi connectivity index (χ4v) is 1.52. The van der Waals surface area contributed by atoms with Gasteiger partial charge in [0.15, 0.2) is 17.4 Å². The van der Waals surface area contributed by atoms with Crippen molar-refractivity contribution >= 4 is 12.4 Å². The number of hydrogen-bond acceptors (Lipinski definition) is 2. The van der Waals surface area contributed by atoms with Crippen LogP contribution in [0.15, 0.2) is 12.1 Å². The molecule has 0 spiro atoms. The average molecular weight is 280 g/mol. The van der Waals surface area contributed by atoms with Crippen LogP contribution in [-0.4, -0.2) is 12.6 Å². The van der Waals surface area contributed by atoms with Crippen LogP contribution in [0, 0.1) is 11.6 Å². The zero-order valence-corrected chi connectivity index (χ0v) is 11.5. The van der Waals surface area contributed by atoms with Gasteiger partial charge in [-0.1, -0.05) is 13.8 Å². The summed E-state index contributed by atoms with van der Waals surface area (Å²) in [7, 11) is 0. The van der Waals surface area contributed by atoms with Crippen LogP contribution in [0.25, 0.3) is 0 Å². The molecule has 0 saturated carbocycles. The molecule has 0 bridgehead atoms. The van der Waals surface area contributed by atoms with E-state index in [4.69, 9.17) is 10.5 Å². The van der Waals surface area contributed by atoms with Crippen LogP contribution in [-0.2, 0) is 6.42 Å². The van der Waals surface area contributed by atoms with E-state index in [9.17, 15) is 8.78 Å². The normalized spacial score (nSPS) is 11.8. The lowest BCUT2D eigenvalue weighted by molar-refractivity contribution is 0.284. The summed E-state index contributed by atoms with van der Waals surface area (Å²) in [4.78, 5) is 0. The van der Waals surface area contributed by atoms with E-state index < -0.39 is 11.6 Å². The second-order valence-corrected chi connectivity index (χ2v) is 4.11. The maximum atomic E-state index is 13.6. The van der Waals surface area contributed by atoms with Gasteiger partial charge in [0.25, 0.3) is 0 Å². The van der Waals surface area contributed by atoms with E-state index in [-0.39, 0.29) is 24.2 Å². The van der Waals surface area contributed by atoms with E-state index >= 15 is 0 Å². The molecular formula is C13H20ClF2NO. The van der Waals surface area contributed by atoms with Crippen molar-refractivity contribution in [3.63, 3.8) is 0 Å². The molecule has 5 heteroatoms. The lowest BCUT2D eigenvalue weighted by atomic mass is 10.0. The summed E-state index contributed by atoms with van der Waals surface area (Å²) < 4.78 is 32.2. The number of hydrogen-bond donors (Lipinski definition) is 1. The van der Waals surface area contributed by atoms with E-state index in [2.05, 4.69) is 0 Å². The van der Waals surface area contributed by atoms with Gasteiger partial charge in [-0.2, -0.15) is 0 Å². The summed E-state index contributed by atoms with van der Waals surface area (Å²) in [6, 6.07) is 2.52. The molecule has 1 rings (SSSR count). The monoisotopic (exact) mass is 279 g/mol. The number of rotatable bonds is 6. The van der Waals surface area contributed by atoms with E-state index in [1.807, 2.05) is 13.8 Å². The summed E-state index contributed by atoms with van der Waals surface area (Å²) >= 11 is 0. The third-order valence-corrected chi connectivity index (χ3v) is 2.53. The predicted octanol–water partition coefficient (Wildman–Crippen LogP) is 3.46. The van der Waals surface area contributed by atoms with Gasteiger partial charge in [-0.15, -0.1) is 12.4 Å². The van der Waals surface area contributed by atoms with Crippen molar-refractivity contribution in [2.45, 2.75) is 39.2 Å². The summed E-state index contributed by atoms with van der Waals surface area (Å²) in [6.07, 6.45) is 1.96. The Morgan fingerprint density at radius 1 is 1.22 bits per heavy atom. The van der Waals surface area contributed by atoms with Gasteiger partial charge < -0.3 is 10.5 Å². The van der Waals surface area contributed by atoms with Crippen molar-refractivity contribution in [3.8, 4) is 5.75 Å². The third kappa shape index (κ3) is 4.78. The number of halogens is 3. The van der Waals surface area contributed by atoms with E-state index in [0.717, 1.165) is 6.42 Å². The first-order valence-corrected chi connectivity index (χ1v) is 5.94. The molecule has 0 radical (unpaired) electrons. The number of benzene rings is 1. The van der Waals surface area contributed by atoms with Gasteiger partial charge in [0.05, 0.1) is 6.61 Å². The maximum absolute atomic E-state index is 13.6. The topological polar surface area (TPSA) is 35.2 Å². The SMILES string of the molecule is CCCOc1c(F)cc(CC(N)CC)cc1F.Cl. The molecule has 1 aromatic carbocycles. The molecule has 0 saturated heterocycles. The second kappa shape index (κ2) is 8.27. The Labute approximate surface area is 113 Å². The molecule has 2 N–H and O–H groups in total. The first kappa shape index (κ1) is 17.1. The molecular weight excluding hydrogens is 260 g/mol. The van der Waals surface area contributed by atoms with Crippen LogP contribution in [0.1, 0.15) is 32.3 Å². The van der Waals surface area contributed by atoms with Crippen LogP contribution < -0.4 is 10.5 Å². The van der Waals surface area contributed by atoms with Gasteiger partial charge in [-0.05, 0) is 37.0 Å². The van der Waals surface area contributed by atoms with Gasteiger partial charge >= 0.3 is 0 Å². The fraction of sp³-hybridized carbons (Fsp3) is 0.538. The molecule has 0 aliphatic rings. The van der Waals surface area contributed by atoms with Gasteiger partial charge in [-0.25, -0.2) is 8.78 Å². The van der Waals surface area contributed by atoms with Crippen LogP contribution in [0.2, 0.25) is 0 Å². The minimum absolute atomic E-state index is 0. The van der Waals surface area contributed by atoms with Gasteiger partial charge in [0.2, 0.25) is 0 Å². The minimum Gasteiger partial charge on any atom is -0.488 e. The summed E-state index contributed by atoms with van der Waals surface area (Å²) in [6.45, 7) is 4.13. The predicted molar refractivity (Wildman–Crippen MR) is 71.4 cm³/mol. The largest absolute Gasteiger partial charge is 0.488 e.